The van der Waals surface area contributed by atoms with Crippen molar-refractivity contribution in [3.8, 4) is 0 Å². The highest BCUT2D eigenvalue weighted by Crippen LogP contribution is 2.36. The molecule has 0 amide bonds. The number of hydrogen-bond acceptors (Lipinski definition) is 9. The van der Waals surface area contributed by atoms with Gasteiger partial charge >= 0.3 is 11.9 Å². The first kappa shape index (κ1) is 21.5. The van der Waals surface area contributed by atoms with Crippen molar-refractivity contribution in [2.45, 2.75) is 63.3 Å². The lowest BCUT2D eigenvalue weighted by Gasteiger charge is -2.44. The molecule has 5 N–H and O–H groups in total. The molecule has 1 rings (SSSR count). The van der Waals surface area contributed by atoms with E-state index in [9.17, 15) is 29.7 Å². The number of carboxylic acid groups (broad SMARTS) is 1. The summed E-state index contributed by atoms with van der Waals surface area (Å²) in [4.78, 5) is 33.9. The number of carbonyl (C=O) groups excluding carboxylic acids is 2. The molecule has 0 aliphatic carbocycles. The highest BCUT2D eigenvalue weighted by atomic mass is 16.7. The fraction of sp³-hybridized carbons (Fsp3) is 0.800. The van der Waals surface area contributed by atoms with Crippen LogP contribution in [0.5, 0.6) is 0 Å². The van der Waals surface area contributed by atoms with Crippen LogP contribution in [0.15, 0.2) is 0 Å². The average Bonchev–Trinajstić information content (AvgIpc) is 2.53. The van der Waals surface area contributed by atoms with Crippen molar-refractivity contribution in [1.29, 1.82) is 0 Å². The summed E-state index contributed by atoms with van der Waals surface area (Å²) >= 11 is 0. The Labute approximate surface area is 144 Å². The molecule has 1 aliphatic rings. The molecule has 144 valence electrons. The zero-order valence-electron chi connectivity index (χ0n) is 14.0. The van der Waals surface area contributed by atoms with Gasteiger partial charge < -0.3 is 35.0 Å². The quantitative estimate of drug-likeness (QED) is 0.309. The molecule has 25 heavy (non-hydrogen) atoms. The Bertz CT molecular complexity index is 507. The maximum absolute atomic E-state index is 11.5. The van der Waals surface area contributed by atoms with Crippen molar-refractivity contribution in [2.24, 2.45) is 5.92 Å². The van der Waals surface area contributed by atoms with Crippen molar-refractivity contribution in [1.82, 2.24) is 0 Å². The molecule has 1 saturated heterocycles. The second kappa shape index (κ2) is 8.68. The lowest BCUT2D eigenvalue weighted by atomic mass is 9.80. The summed E-state index contributed by atoms with van der Waals surface area (Å²) in [5.41, 5.74) is 0. The summed E-state index contributed by atoms with van der Waals surface area (Å²) in [6, 6.07) is 0. The number of ketones is 1. The van der Waals surface area contributed by atoms with Gasteiger partial charge in [0.2, 0.25) is 0 Å². The van der Waals surface area contributed by atoms with Crippen LogP contribution in [0.25, 0.3) is 0 Å². The Kier molecular flexibility index (Phi) is 7.44. The maximum Gasteiger partial charge on any atom is 0.364 e. The smallest absolute Gasteiger partial charge is 0.364 e. The van der Waals surface area contributed by atoms with E-state index in [1.165, 1.54) is 0 Å². The van der Waals surface area contributed by atoms with Gasteiger partial charge in [-0.2, -0.15) is 0 Å². The van der Waals surface area contributed by atoms with E-state index in [2.05, 4.69) is 0 Å². The molecule has 0 spiro atoms. The van der Waals surface area contributed by atoms with Gasteiger partial charge in [0, 0.05) is 25.7 Å². The Hall–Kier alpha value is -1.59. The highest BCUT2D eigenvalue weighted by molar-refractivity contribution is 5.80. The van der Waals surface area contributed by atoms with Gasteiger partial charge in [-0.15, -0.1) is 0 Å². The zero-order chi connectivity index (χ0) is 19.4. The molecule has 1 heterocycles. The van der Waals surface area contributed by atoms with E-state index in [1.807, 2.05) is 0 Å². The number of aliphatic carboxylic acids is 1. The molecule has 0 radical (unpaired) electrons. The number of carbonyl (C=O) groups is 3. The summed E-state index contributed by atoms with van der Waals surface area (Å²) in [6.07, 6.45) is -6.71. The normalized spacial score (nSPS) is 31.8. The van der Waals surface area contributed by atoms with Gasteiger partial charge in [0.05, 0.1) is 12.2 Å². The fourth-order valence-electron chi connectivity index (χ4n) is 2.87. The second-order valence-corrected chi connectivity index (χ2v) is 6.05. The van der Waals surface area contributed by atoms with E-state index in [0.29, 0.717) is 0 Å². The van der Waals surface area contributed by atoms with Gasteiger partial charge in [-0.3, -0.25) is 9.59 Å². The van der Waals surface area contributed by atoms with Crippen molar-refractivity contribution in [3.05, 3.63) is 0 Å². The van der Waals surface area contributed by atoms with Gasteiger partial charge in [0.15, 0.2) is 5.78 Å². The van der Waals surface area contributed by atoms with Gasteiger partial charge in [-0.25, -0.2) is 4.79 Å². The Balaban J connectivity index is 3.15. The van der Waals surface area contributed by atoms with E-state index in [-0.39, 0.29) is 6.42 Å². The SMILES string of the molecule is CCC(OC(C)=O)C(O)C1OC(O)(C(=O)O)CC(O)C1CC(=O)CO. The van der Waals surface area contributed by atoms with Crippen LogP contribution in [0.3, 0.4) is 0 Å². The molecule has 6 atom stereocenters. The summed E-state index contributed by atoms with van der Waals surface area (Å²) in [5.74, 6) is -6.99. The van der Waals surface area contributed by atoms with Gasteiger partial charge in [0.1, 0.15) is 18.8 Å². The van der Waals surface area contributed by atoms with Crippen molar-refractivity contribution < 1.29 is 49.4 Å². The number of hydrogen-bond donors (Lipinski definition) is 5. The Morgan fingerprint density at radius 3 is 2.40 bits per heavy atom. The predicted molar refractivity (Wildman–Crippen MR) is 80.1 cm³/mol. The van der Waals surface area contributed by atoms with Crippen molar-refractivity contribution in [2.75, 3.05) is 6.61 Å². The molecular formula is C15H24O10. The largest absolute Gasteiger partial charge is 0.477 e. The van der Waals surface area contributed by atoms with Crippen LogP contribution >= 0.6 is 0 Å². The minimum atomic E-state index is -2.77. The highest BCUT2D eigenvalue weighted by Gasteiger charge is 2.54. The first-order chi connectivity index (χ1) is 11.6. The van der Waals surface area contributed by atoms with Gasteiger partial charge in [-0.05, 0) is 6.42 Å². The summed E-state index contributed by atoms with van der Waals surface area (Å²) < 4.78 is 10.1. The number of ether oxygens (including phenoxy) is 2. The van der Waals surface area contributed by atoms with Crippen LogP contribution in [-0.4, -0.2) is 80.1 Å². The number of esters is 1. The van der Waals surface area contributed by atoms with Crippen LogP contribution in [0, 0.1) is 5.92 Å². The summed E-state index contributed by atoms with van der Waals surface area (Å²) in [7, 11) is 0. The van der Waals surface area contributed by atoms with E-state index >= 15 is 0 Å². The first-order valence-electron chi connectivity index (χ1n) is 7.85. The second-order valence-electron chi connectivity index (χ2n) is 6.05. The molecule has 10 nitrogen and oxygen atoms in total. The summed E-state index contributed by atoms with van der Waals surface area (Å²) in [5, 5.41) is 48.7. The monoisotopic (exact) mass is 364 g/mol. The zero-order valence-corrected chi connectivity index (χ0v) is 14.0. The average molecular weight is 364 g/mol. The number of aliphatic hydroxyl groups excluding tert-OH is 3. The number of aliphatic hydroxyl groups is 4. The molecule has 6 unspecified atom stereocenters. The van der Waals surface area contributed by atoms with E-state index in [1.54, 1.807) is 6.92 Å². The lowest BCUT2D eigenvalue weighted by Crippen LogP contribution is -2.61. The molecule has 0 aromatic carbocycles. The molecule has 1 fully saturated rings. The lowest BCUT2D eigenvalue weighted by molar-refractivity contribution is -0.303. The van der Waals surface area contributed by atoms with Crippen LogP contribution < -0.4 is 0 Å². The molecular weight excluding hydrogens is 340 g/mol. The Morgan fingerprint density at radius 1 is 1.36 bits per heavy atom. The van der Waals surface area contributed by atoms with Crippen LogP contribution in [0.1, 0.15) is 33.1 Å². The minimum absolute atomic E-state index is 0.142. The number of Topliss-reactive ketones (excluding diaryl/α,β-unsaturated/α-hetero) is 1. The molecule has 0 aromatic heterocycles. The standard InChI is InChI=1S/C15H24O10/c1-3-11(24-7(2)17)12(20)13-9(4-8(18)6-16)10(19)5-15(23,25-13)14(21)22/h9-13,16,19-20,23H,3-6H2,1-2H3,(H,21,22). The van der Waals surface area contributed by atoms with Crippen LogP contribution in [0.4, 0.5) is 0 Å². The van der Waals surface area contributed by atoms with E-state index < -0.39 is 73.3 Å². The molecule has 0 aromatic rings. The number of carboxylic acids is 1. The topological polar surface area (TPSA) is 171 Å². The molecule has 0 bridgehead atoms. The third-order valence-corrected chi connectivity index (χ3v) is 4.14. The van der Waals surface area contributed by atoms with Crippen molar-refractivity contribution in [3.63, 3.8) is 0 Å². The van der Waals surface area contributed by atoms with E-state index in [4.69, 9.17) is 19.7 Å². The summed E-state index contributed by atoms with van der Waals surface area (Å²) in [6.45, 7) is 1.90. The van der Waals surface area contributed by atoms with Crippen LogP contribution in [-0.2, 0) is 23.9 Å². The predicted octanol–water partition coefficient (Wildman–Crippen LogP) is -1.82. The van der Waals surface area contributed by atoms with Gasteiger partial charge in [0.25, 0.3) is 5.79 Å². The first-order valence-corrected chi connectivity index (χ1v) is 7.85. The molecule has 10 heteroatoms. The Morgan fingerprint density at radius 2 is 1.96 bits per heavy atom. The van der Waals surface area contributed by atoms with E-state index in [0.717, 1.165) is 6.92 Å². The molecule has 0 saturated carbocycles. The minimum Gasteiger partial charge on any atom is -0.477 e. The third kappa shape index (κ3) is 5.19. The van der Waals surface area contributed by atoms with Crippen LogP contribution in [0.2, 0.25) is 0 Å². The third-order valence-electron chi connectivity index (χ3n) is 4.14. The number of rotatable bonds is 8. The van der Waals surface area contributed by atoms with Gasteiger partial charge in [-0.1, -0.05) is 6.92 Å². The fourth-order valence-corrected chi connectivity index (χ4v) is 2.87. The molecule has 1 aliphatic heterocycles. The maximum atomic E-state index is 11.5. The van der Waals surface area contributed by atoms with Crippen molar-refractivity contribution >= 4 is 17.7 Å².